The van der Waals surface area contributed by atoms with Crippen molar-refractivity contribution in [2.75, 3.05) is 25.1 Å². The molecule has 5 heteroatoms. The molecule has 3 rings (SSSR count). The van der Waals surface area contributed by atoms with Gasteiger partial charge in [0.15, 0.2) is 12.4 Å². The number of ketones is 1. The average molecular weight is 274 g/mol. The van der Waals surface area contributed by atoms with Crippen molar-refractivity contribution in [1.29, 1.82) is 0 Å². The highest BCUT2D eigenvalue weighted by Crippen LogP contribution is 2.32. The standard InChI is InChI=1S/C15H18N2O3/c1-17-12-8-10(5-6-13(12)20-9-14(17)18)15(19)11-4-2-3-7-16-11/h5-6,8,11,16H,2-4,7,9H2,1H3. The van der Waals surface area contributed by atoms with E-state index >= 15 is 0 Å². The highest BCUT2D eigenvalue weighted by Gasteiger charge is 2.26. The number of ether oxygens (including phenoxy) is 1. The summed E-state index contributed by atoms with van der Waals surface area (Å²) in [6.07, 6.45) is 3.08. The normalized spacial score (nSPS) is 22.1. The molecule has 1 N–H and O–H groups in total. The molecule has 1 unspecified atom stereocenters. The van der Waals surface area contributed by atoms with Gasteiger partial charge in [-0.25, -0.2) is 0 Å². The average Bonchev–Trinajstić information content (AvgIpc) is 2.51. The summed E-state index contributed by atoms with van der Waals surface area (Å²) in [4.78, 5) is 25.7. The first kappa shape index (κ1) is 13.1. The second-order valence-electron chi connectivity index (χ2n) is 5.29. The SMILES string of the molecule is CN1C(=O)COc2ccc(C(=O)C3CCCCN3)cc21. The van der Waals surface area contributed by atoms with Gasteiger partial charge in [-0.1, -0.05) is 6.42 Å². The molecule has 2 aliphatic heterocycles. The number of carbonyl (C=O) groups is 2. The lowest BCUT2D eigenvalue weighted by Gasteiger charge is -2.27. The first-order chi connectivity index (χ1) is 9.66. The Bertz CT molecular complexity index is 550. The molecule has 106 valence electrons. The zero-order chi connectivity index (χ0) is 14.1. The largest absolute Gasteiger partial charge is 0.482 e. The van der Waals surface area contributed by atoms with Gasteiger partial charge in [-0.05, 0) is 37.6 Å². The van der Waals surface area contributed by atoms with Crippen LogP contribution in [0.25, 0.3) is 0 Å². The number of likely N-dealkylation sites (N-methyl/N-ethyl adjacent to an activating group) is 1. The molecule has 1 saturated heterocycles. The lowest BCUT2D eigenvalue weighted by molar-refractivity contribution is -0.120. The lowest BCUT2D eigenvalue weighted by atomic mass is 9.96. The minimum Gasteiger partial charge on any atom is -0.482 e. The molecular weight excluding hydrogens is 256 g/mol. The molecule has 1 amide bonds. The Labute approximate surface area is 117 Å². The van der Waals surface area contributed by atoms with Crippen LogP contribution in [0, 0.1) is 0 Å². The van der Waals surface area contributed by atoms with E-state index in [1.165, 1.54) is 0 Å². The van der Waals surface area contributed by atoms with E-state index in [4.69, 9.17) is 4.74 Å². The number of hydrogen-bond donors (Lipinski definition) is 1. The lowest BCUT2D eigenvalue weighted by Crippen LogP contribution is -2.40. The molecule has 0 aliphatic carbocycles. The molecule has 1 aromatic carbocycles. The van der Waals surface area contributed by atoms with Gasteiger partial charge in [0, 0.05) is 12.6 Å². The number of anilines is 1. The van der Waals surface area contributed by atoms with Crippen LogP contribution in [0.4, 0.5) is 5.69 Å². The molecule has 5 nitrogen and oxygen atoms in total. The number of benzene rings is 1. The highest BCUT2D eigenvalue weighted by atomic mass is 16.5. The molecular formula is C15H18N2O3. The van der Waals surface area contributed by atoms with E-state index < -0.39 is 0 Å². The number of rotatable bonds is 2. The monoisotopic (exact) mass is 274 g/mol. The predicted molar refractivity (Wildman–Crippen MR) is 75.3 cm³/mol. The zero-order valence-electron chi connectivity index (χ0n) is 11.5. The van der Waals surface area contributed by atoms with Gasteiger partial charge in [-0.3, -0.25) is 9.59 Å². The molecule has 0 bridgehead atoms. The van der Waals surface area contributed by atoms with E-state index in [-0.39, 0.29) is 24.3 Å². The van der Waals surface area contributed by atoms with E-state index in [2.05, 4.69) is 5.32 Å². The molecule has 2 aliphatic rings. The Hall–Kier alpha value is -1.88. The summed E-state index contributed by atoms with van der Waals surface area (Å²) in [6, 6.07) is 5.20. The topological polar surface area (TPSA) is 58.6 Å². The van der Waals surface area contributed by atoms with Gasteiger partial charge in [0.2, 0.25) is 0 Å². The molecule has 0 radical (unpaired) electrons. The molecule has 20 heavy (non-hydrogen) atoms. The second-order valence-corrected chi connectivity index (χ2v) is 5.29. The Morgan fingerprint density at radius 1 is 1.40 bits per heavy atom. The smallest absolute Gasteiger partial charge is 0.264 e. The number of nitrogens with zero attached hydrogens (tertiary/aromatic N) is 1. The molecule has 1 aromatic rings. The quantitative estimate of drug-likeness (QED) is 0.827. The van der Waals surface area contributed by atoms with Crippen molar-refractivity contribution in [3.63, 3.8) is 0 Å². The highest BCUT2D eigenvalue weighted by molar-refractivity contribution is 6.03. The van der Waals surface area contributed by atoms with Crippen LogP contribution in [0.3, 0.4) is 0 Å². The van der Waals surface area contributed by atoms with E-state index in [1.54, 1.807) is 30.1 Å². The second kappa shape index (κ2) is 5.25. The number of amides is 1. The Morgan fingerprint density at radius 2 is 2.25 bits per heavy atom. The van der Waals surface area contributed by atoms with Gasteiger partial charge < -0.3 is 15.0 Å². The fourth-order valence-electron chi connectivity index (χ4n) is 2.70. The van der Waals surface area contributed by atoms with E-state index in [0.29, 0.717) is 17.0 Å². The molecule has 0 spiro atoms. The number of carbonyl (C=O) groups excluding carboxylic acids is 2. The summed E-state index contributed by atoms with van der Waals surface area (Å²) in [7, 11) is 1.71. The summed E-state index contributed by atoms with van der Waals surface area (Å²) in [5.41, 5.74) is 1.30. The summed E-state index contributed by atoms with van der Waals surface area (Å²) in [5.74, 6) is 0.650. The van der Waals surface area contributed by atoms with Gasteiger partial charge in [0.1, 0.15) is 5.75 Å². The summed E-state index contributed by atoms with van der Waals surface area (Å²) in [6.45, 7) is 0.948. The van der Waals surface area contributed by atoms with Crippen LogP contribution in [0.1, 0.15) is 29.6 Å². The van der Waals surface area contributed by atoms with Gasteiger partial charge >= 0.3 is 0 Å². The number of nitrogens with one attached hydrogen (secondary N) is 1. The first-order valence-corrected chi connectivity index (χ1v) is 6.98. The van der Waals surface area contributed by atoms with Gasteiger partial charge in [0.25, 0.3) is 5.91 Å². The number of fused-ring (bicyclic) bond motifs is 1. The molecule has 0 aromatic heterocycles. The van der Waals surface area contributed by atoms with Crippen molar-refractivity contribution in [1.82, 2.24) is 5.32 Å². The van der Waals surface area contributed by atoms with Gasteiger partial charge in [-0.15, -0.1) is 0 Å². The van der Waals surface area contributed by atoms with Crippen LogP contribution < -0.4 is 15.0 Å². The molecule has 0 saturated carbocycles. The summed E-state index contributed by atoms with van der Waals surface area (Å²) >= 11 is 0. The number of Topliss-reactive ketones (excluding diaryl/α,β-unsaturated/α-hetero) is 1. The minimum absolute atomic E-state index is 0.0565. The van der Waals surface area contributed by atoms with Crippen LogP contribution in [-0.2, 0) is 4.79 Å². The fourth-order valence-corrected chi connectivity index (χ4v) is 2.70. The number of piperidine rings is 1. The van der Waals surface area contributed by atoms with Crippen LogP contribution in [0.15, 0.2) is 18.2 Å². The summed E-state index contributed by atoms with van der Waals surface area (Å²) in [5, 5.41) is 3.26. The Balaban J connectivity index is 1.87. The van der Waals surface area contributed by atoms with Crippen LogP contribution in [0.2, 0.25) is 0 Å². The van der Waals surface area contributed by atoms with Crippen molar-refractivity contribution >= 4 is 17.4 Å². The van der Waals surface area contributed by atoms with Crippen molar-refractivity contribution in [2.45, 2.75) is 25.3 Å². The van der Waals surface area contributed by atoms with Gasteiger partial charge in [-0.2, -0.15) is 0 Å². The van der Waals surface area contributed by atoms with Crippen LogP contribution in [-0.4, -0.2) is 37.9 Å². The maximum absolute atomic E-state index is 12.5. The van der Waals surface area contributed by atoms with Crippen molar-refractivity contribution in [3.8, 4) is 5.75 Å². The van der Waals surface area contributed by atoms with Crippen molar-refractivity contribution in [2.24, 2.45) is 0 Å². The minimum atomic E-state index is -0.104. The maximum atomic E-state index is 12.5. The van der Waals surface area contributed by atoms with E-state index in [9.17, 15) is 9.59 Å². The number of hydrogen-bond acceptors (Lipinski definition) is 4. The zero-order valence-corrected chi connectivity index (χ0v) is 11.5. The van der Waals surface area contributed by atoms with Gasteiger partial charge in [0.05, 0.1) is 11.7 Å². The Morgan fingerprint density at radius 3 is 3.00 bits per heavy atom. The fraction of sp³-hybridized carbons (Fsp3) is 0.467. The van der Waals surface area contributed by atoms with Crippen LogP contribution in [0.5, 0.6) is 5.75 Å². The predicted octanol–water partition coefficient (Wildman–Crippen LogP) is 1.37. The summed E-state index contributed by atoms with van der Waals surface area (Å²) < 4.78 is 5.37. The first-order valence-electron chi connectivity index (χ1n) is 6.98. The Kier molecular flexibility index (Phi) is 3.44. The van der Waals surface area contributed by atoms with Crippen molar-refractivity contribution in [3.05, 3.63) is 23.8 Å². The molecule has 2 heterocycles. The molecule has 1 atom stereocenters. The van der Waals surface area contributed by atoms with E-state index in [0.717, 1.165) is 25.8 Å². The van der Waals surface area contributed by atoms with Crippen LogP contribution >= 0.6 is 0 Å². The molecule has 1 fully saturated rings. The van der Waals surface area contributed by atoms with Crippen molar-refractivity contribution < 1.29 is 14.3 Å². The third-order valence-corrected chi connectivity index (χ3v) is 3.96. The third kappa shape index (κ3) is 2.29. The maximum Gasteiger partial charge on any atom is 0.264 e. The third-order valence-electron chi connectivity index (χ3n) is 3.96. The van der Waals surface area contributed by atoms with E-state index in [1.807, 2.05) is 0 Å².